The average Bonchev–Trinajstić information content (AvgIpc) is 2.70. The number of nitrogens with zero attached hydrogens (tertiary/aromatic N) is 1. The molecule has 156 valence electrons. The quantitative estimate of drug-likeness (QED) is 0.447. The van der Waals surface area contributed by atoms with Crippen LogP contribution in [0.25, 0.3) is 0 Å². The summed E-state index contributed by atoms with van der Waals surface area (Å²) in [4.78, 5) is 16.4. The van der Waals surface area contributed by atoms with Crippen LogP contribution in [0.3, 0.4) is 0 Å². The largest absolute Gasteiger partial charge is 0.489 e. The molecule has 1 atom stereocenters. The van der Waals surface area contributed by atoms with Gasteiger partial charge in [-0.1, -0.05) is 18.2 Å². The molecule has 0 spiro atoms. The number of amides is 1. The second kappa shape index (κ2) is 11.7. The van der Waals surface area contributed by atoms with Crippen LogP contribution in [0.5, 0.6) is 5.75 Å². The highest BCUT2D eigenvalue weighted by molar-refractivity contribution is 5.94. The molecule has 2 aromatic carbocycles. The highest BCUT2D eigenvalue weighted by Crippen LogP contribution is 2.13. The first-order valence-electron chi connectivity index (χ1n) is 9.83. The van der Waals surface area contributed by atoms with E-state index in [0.29, 0.717) is 36.9 Å². The van der Waals surface area contributed by atoms with Crippen LogP contribution in [0.4, 0.5) is 4.39 Å². The normalized spacial score (nSPS) is 12.2. The summed E-state index contributed by atoms with van der Waals surface area (Å²) in [5.74, 6) is 0.754. The monoisotopic (exact) mass is 400 g/mol. The van der Waals surface area contributed by atoms with Crippen molar-refractivity contribution in [3.05, 3.63) is 65.5 Å². The molecule has 0 fully saturated rings. The summed E-state index contributed by atoms with van der Waals surface area (Å²) in [5.41, 5.74) is 1.63. The van der Waals surface area contributed by atoms with Crippen molar-refractivity contribution in [2.45, 2.75) is 33.4 Å². The van der Waals surface area contributed by atoms with Gasteiger partial charge in [0.05, 0.1) is 13.1 Å². The number of benzene rings is 2. The van der Waals surface area contributed by atoms with Gasteiger partial charge < -0.3 is 20.7 Å². The number of guanidine groups is 1. The Morgan fingerprint density at radius 1 is 1.07 bits per heavy atom. The zero-order valence-corrected chi connectivity index (χ0v) is 17.2. The van der Waals surface area contributed by atoms with Gasteiger partial charge in [0.2, 0.25) is 0 Å². The number of hydrogen-bond donors (Lipinski definition) is 3. The molecule has 2 aromatic rings. The molecule has 6 nitrogen and oxygen atoms in total. The highest BCUT2D eigenvalue weighted by Gasteiger charge is 2.07. The third kappa shape index (κ3) is 7.81. The summed E-state index contributed by atoms with van der Waals surface area (Å²) in [5, 5.41) is 9.19. The molecule has 0 saturated carbocycles. The lowest BCUT2D eigenvalue weighted by atomic mass is 10.1. The third-order valence-corrected chi connectivity index (χ3v) is 4.01. The van der Waals surface area contributed by atoms with Crippen LogP contribution >= 0.6 is 0 Å². The van der Waals surface area contributed by atoms with Crippen LogP contribution in [0.2, 0.25) is 0 Å². The van der Waals surface area contributed by atoms with Gasteiger partial charge in [0.15, 0.2) is 5.96 Å². The number of aliphatic imine (C=N–C) groups is 1. The number of nitrogens with one attached hydrogen (secondary N) is 3. The van der Waals surface area contributed by atoms with Crippen LogP contribution in [-0.2, 0) is 6.54 Å². The van der Waals surface area contributed by atoms with E-state index >= 15 is 0 Å². The van der Waals surface area contributed by atoms with Gasteiger partial charge >= 0.3 is 0 Å². The topological polar surface area (TPSA) is 74.8 Å². The van der Waals surface area contributed by atoms with Crippen molar-refractivity contribution in [2.24, 2.45) is 4.99 Å². The van der Waals surface area contributed by atoms with Gasteiger partial charge in [-0.2, -0.15) is 0 Å². The Morgan fingerprint density at radius 3 is 2.45 bits per heavy atom. The molecular weight excluding hydrogens is 371 g/mol. The molecule has 29 heavy (non-hydrogen) atoms. The van der Waals surface area contributed by atoms with Crippen molar-refractivity contribution in [3.63, 3.8) is 0 Å². The van der Waals surface area contributed by atoms with Crippen LogP contribution in [-0.4, -0.2) is 37.6 Å². The Labute approximate surface area is 171 Å². The lowest BCUT2D eigenvalue weighted by Crippen LogP contribution is -2.41. The molecule has 1 amide bonds. The SMILES string of the molecule is CCNC(=O)c1ccc(CN=C(NCC)NCC(C)Oc2cccc(F)c2)cc1. The Morgan fingerprint density at radius 2 is 1.79 bits per heavy atom. The Balaban J connectivity index is 1.89. The summed E-state index contributed by atoms with van der Waals surface area (Å²) >= 11 is 0. The predicted octanol–water partition coefficient (Wildman–Crippen LogP) is 3.10. The fraction of sp³-hybridized carbons (Fsp3) is 0.364. The first kappa shape index (κ1) is 22.2. The maximum absolute atomic E-state index is 13.3. The van der Waals surface area contributed by atoms with E-state index in [4.69, 9.17) is 4.74 Å². The Kier molecular flexibility index (Phi) is 8.95. The van der Waals surface area contributed by atoms with Crippen molar-refractivity contribution in [1.82, 2.24) is 16.0 Å². The zero-order chi connectivity index (χ0) is 21.1. The van der Waals surface area contributed by atoms with E-state index < -0.39 is 0 Å². The number of rotatable bonds is 9. The average molecular weight is 400 g/mol. The Hall–Kier alpha value is -3.09. The lowest BCUT2D eigenvalue weighted by molar-refractivity contribution is 0.0956. The predicted molar refractivity (Wildman–Crippen MR) is 114 cm³/mol. The number of carbonyl (C=O) groups excluding carboxylic acids is 1. The Bertz CT molecular complexity index is 809. The first-order chi connectivity index (χ1) is 14.0. The first-order valence-corrected chi connectivity index (χ1v) is 9.83. The minimum atomic E-state index is -0.323. The maximum atomic E-state index is 13.3. The molecule has 0 bridgehead atoms. The van der Waals surface area contributed by atoms with E-state index in [1.165, 1.54) is 12.1 Å². The van der Waals surface area contributed by atoms with E-state index in [2.05, 4.69) is 20.9 Å². The molecule has 2 rings (SSSR count). The molecule has 1 unspecified atom stereocenters. The van der Waals surface area contributed by atoms with E-state index in [1.54, 1.807) is 24.3 Å². The van der Waals surface area contributed by atoms with E-state index in [-0.39, 0.29) is 17.8 Å². The second-order valence-corrected chi connectivity index (χ2v) is 6.52. The van der Waals surface area contributed by atoms with Gasteiger partial charge in [-0.3, -0.25) is 4.79 Å². The highest BCUT2D eigenvalue weighted by atomic mass is 19.1. The molecule has 0 aliphatic carbocycles. The van der Waals surface area contributed by atoms with Gasteiger partial charge in [-0.15, -0.1) is 0 Å². The summed E-state index contributed by atoms with van der Waals surface area (Å²) in [6.45, 7) is 8.10. The fourth-order valence-corrected chi connectivity index (χ4v) is 2.59. The second-order valence-electron chi connectivity index (χ2n) is 6.52. The van der Waals surface area contributed by atoms with Gasteiger partial charge in [0, 0.05) is 24.7 Å². The number of carbonyl (C=O) groups is 1. The van der Waals surface area contributed by atoms with Crippen molar-refractivity contribution in [1.29, 1.82) is 0 Å². The maximum Gasteiger partial charge on any atom is 0.251 e. The minimum absolute atomic E-state index is 0.0789. The molecule has 0 aliphatic rings. The molecule has 0 saturated heterocycles. The number of hydrogen-bond acceptors (Lipinski definition) is 3. The summed E-state index contributed by atoms with van der Waals surface area (Å²) < 4.78 is 19.0. The zero-order valence-electron chi connectivity index (χ0n) is 17.2. The van der Waals surface area contributed by atoms with E-state index in [1.807, 2.05) is 32.9 Å². The molecule has 0 aliphatic heterocycles. The molecule has 7 heteroatoms. The van der Waals surface area contributed by atoms with Crippen molar-refractivity contribution >= 4 is 11.9 Å². The van der Waals surface area contributed by atoms with Crippen LogP contribution in [0, 0.1) is 5.82 Å². The van der Waals surface area contributed by atoms with E-state index in [0.717, 1.165) is 12.1 Å². The van der Waals surface area contributed by atoms with Gasteiger partial charge in [0.25, 0.3) is 5.91 Å². The van der Waals surface area contributed by atoms with Crippen molar-refractivity contribution in [3.8, 4) is 5.75 Å². The van der Waals surface area contributed by atoms with E-state index in [9.17, 15) is 9.18 Å². The van der Waals surface area contributed by atoms with Gasteiger partial charge in [0.1, 0.15) is 17.7 Å². The molecule has 0 heterocycles. The fourth-order valence-electron chi connectivity index (χ4n) is 2.59. The molecule has 0 aromatic heterocycles. The van der Waals surface area contributed by atoms with Crippen LogP contribution in [0.15, 0.2) is 53.5 Å². The van der Waals surface area contributed by atoms with Gasteiger partial charge in [-0.25, -0.2) is 9.38 Å². The van der Waals surface area contributed by atoms with Crippen molar-refractivity contribution in [2.75, 3.05) is 19.6 Å². The third-order valence-electron chi connectivity index (χ3n) is 4.01. The molecule has 3 N–H and O–H groups in total. The standard InChI is InChI=1S/C22H29FN4O2/c1-4-24-21(28)18-11-9-17(10-12-18)15-27-22(25-5-2)26-14-16(3)29-20-8-6-7-19(23)13-20/h6-13,16H,4-5,14-15H2,1-3H3,(H,24,28)(H2,25,26,27). The smallest absolute Gasteiger partial charge is 0.251 e. The summed E-state index contributed by atoms with van der Waals surface area (Å²) in [7, 11) is 0. The minimum Gasteiger partial charge on any atom is -0.489 e. The summed E-state index contributed by atoms with van der Waals surface area (Å²) in [6.07, 6.45) is -0.169. The summed E-state index contributed by atoms with van der Waals surface area (Å²) in [6, 6.07) is 13.5. The number of ether oxygens (including phenoxy) is 1. The van der Waals surface area contributed by atoms with Crippen molar-refractivity contribution < 1.29 is 13.9 Å². The van der Waals surface area contributed by atoms with Crippen LogP contribution < -0.4 is 20.7 Å². The number of halogens is 1. The van der Waals surface area contributed by atoms with Gasteiger partial charge in [-0.05, 0) is 50.6 Å². The molecular formula is C22H29FN4O2. The lowest BCUT2D eigenvalue weighted by Gasteiger charge is -2.17. The molecule has 0 radical (unpaired) electrons. The van der Waals surface area contributed by atoms with Crippen LogP contribution in [0.1, 0.15) is 36.7 Å².